The second kappa shape index (κ2) is 4.89. The molecule has 1 N–H and O–H groups in total. The second-order valence-corrected chi connectivity index (χ2v) is 4.32. The Labute approximate surface area is 95.0 Å². The first-order chi connectivity index (χ1) is 7.69. The number of nitrogens with zero attached hydrogens (tertiary/aromatic N) is 1. The molecule has 16 heavy (non-hydrogen) atoms. The standard InChI is InChI=1S/C12H17FN2O/c1-8(12-4-3-9(13)7-14-12)15-10-5-11(6-10)16-2/h3-4,7-8,10-11,15H,5-6H2,1-2H3. The van der Waals surface area contributed by atoms with Gasteiger partial charge in [-0.05, 0) is 31.9 Å². The number of rotatable bonds is 4. The molecule has 3 nitrogen and oxygen atoms in total. The molecule has 1 atom stereocenters. The zero-order chi connectivity index (χ0) is 11.5. The van der Waals surface area contributed by atoms with Crippen LogP contribution >= 0.6 is 0 Å². The van der Waals surface area contributed by atoms with E-state index in [9.17, 15) is 4.39 Å². The average molecular weight is 224 g/mol. The van der Waals surface area contributed by atoms with Crippen LogP contribution in [0.4, 0.5) is 4.39 Å². The summed E-state index contributed by atoms with van der Waals surface area (Å²) in [5.74, 6) is -0.293. The third kappa shape index (κ3) is 2.57. The lowest BCUT2D eigenvalue weighted by molar-refractivity contribution is 0.0146. The summed E-state index contributed by atoms with van der Waals surface area (Å²) in [6.45, 7) is 2.04. The Hall–Kier alpha value is -1.00. The molecule has 1 unspecified atom stereocenters. The maximum Gasteiger partial charge on any atom is 0.141 e. The Bertz CT molecular complexity index is 335. The summed E-state index contributed by atoms with van der Waals surface area (Å²) >= 11 is 0. The van der Waals surface area contributed by atoms with Crippen molar-refractivity contribution in [3.8, 4) is 0 Å². The van der Waals surface area contributed by atoms with Crippen molar-refractivity contribution in [2.45, 2.75) is 38.0 Å². The minimum Gasteiger partial charge on any atom is -0.381 e. The molecule has 0 spiro atoms. The quantitative estimate of drug-likeness (QED) is 0.850. The first-order valence-corrected chi connectivity index (χ1v) is 5.59. The highest BCUT2D eigenvalue weighted by atomic mass is 19.1. The molecule has 1 aliphatic carbocycles. The van der Waals surface area contributed by atoms with Crippen molar-refractivity contribution in [1.82, 2.24) is 10.3 Å². The molecule has 0 amide bonds. The Kier molecular flexibility index (Phi) is 3.51. The number of pyridine rings is 1. The lowest BCUT2D eigenvalue weighted by Gasteiger charge is -2.36. The number of ether oxygens (including phenoxy) is 1. The van der Waals surface area contributed by atoms with Crippen molar-refractivity contribution < 1.29 is 9.13 Å². The molecule has 0 saturated heterocycles. The highest BCUT2D eigenvalue weighted by molar-refractivity contribution is 5.09. The fourth-order valence-electron chi connectivity index (χ4n) is 1.98. The van der Waals surface area contributed by atoms with Crippen molar-refractivity contribution >= 4 is 0 Å². The molecule has 1 aromatic heterocycles. The van der Waals surface area contributed by atoms with E-state index >= 15 is 0 Å². The van der Waals surface area contributed by atoms with Gasteiger partial charge in [-0.1, -0.05) is 0 Å². The smallest absolute Gasteiger partial charge is 0.141 e. The van der Waals surface area contributed by atoms with E-state index in [1.54, 1.807) is 13.2 Å². The third-order valence-corrected chi connectivity index (χ3v) is 3.11. The molecule has 1 aromatic rings. The van der Waals surface area contributed by atoms with Crippen molar-refractivity contribution in [3.05, 3.63) is 29.8 Å². The highest BCUT2D eigenvalue weighted by Crippen LogP contribution is 2.25. The van der Waals surface area contributed by atoms with Crippen LogP contribution in [0.2, 0.25) is 0 Å². The molecule has 0 aromatic carbocycles. The van der Waals surface area contributed by atoms with Crippen LogP contribution in [0.1, 0.15) is 31.5 Å². The van der Waals surface area contributed by atoms with Crippen LogP contribution in [0.25, 0.3) is 0 Å². The summed E-state index contributed by atoms with van der Waals surface area (Å²) in [5, 5.41) is 3.45. The van der Waals surface area contributed by atoms with Gasteiger partial charge in [0.1, 0.15) is 5.82 Å². The summed E-state index contributed by atoms with van der Waals surface area (Å²) in [4.78, 5) is 4.06. The van der Waals surface area contributed by atoms with Gasteiger partial charge in [-0.3, -0.25) is 4.98 Å². The molecule has 1 saturated carbocycles. The number of methoxy groups -OCH3 is 1. The first-order valence-electron chi connectivity index (χ1n) is 5.59. The summed E-state index contributed by atoms with van der Waals surface area (Å²) in [7, 11) is 1.74. The topological polar surface area (TPSA) is 34.1 Å². The van der Waals surface area contributed by atoms with Crippen LogP contribution in [0.15, 0.2) is 18.3 Å². The van der Waals surface area contributed by atoms with E-state index in [0.717, 1.165) is 18.5 Å². The number of hydrogen-bond donors (Lipinski definition) is 1. The highest BCUT2D eigenvalue weighted by Gasteiger charge is 2.29. The number of hydrogen-bond acceptors (Lipinski definition) is 3. The van der Waals surface area contributed by atoms with Gasteiger partial charge in [0.2, 0.25) is 0 Å². The molecule has 0 bridgehead atoms. The monoisotopic (exact) mass is 224 g/mol. The van der Waals surface area contributed by atoms with E-state index in [-0.39, 0.29) is 11.9 Å². The first kappa shape index (κ1) is 11.5. The van der Waals surface area contributed by atoms with Crippen LogP contribution in [-0.2, 0) is 4.74 Å². The van der Waals surface area contributed by atoms with Crippen LogP contribution in [0.5, 0.6) is 0 Å². The van der Waals surface area contributed by atoms with E-state index in [4.69, 9.17) is 4.74 Å². The molecule has 1 aliphatic rings. The lowest BCUT2D eigenvalue weighted by atomic mass is 9.88. The summed E-state index contributed by atoms with van der Waals surface area (Å²) in [5.41, 5.74) is 0.877. The maximum absolute atomic E-state index is 12.7. The van der Waals surface area contributed by atoms with Gasteiger partial charge < -0.3 is 10.1 Å². The number of aromatic nitrogens is 1. The van der Waals surface area contributed by atoms with Gasteiger partial charge in [0.05, 0.1) is 18.0 Å². The van der Waals surface area contributed by atoms with E-state index in [2.05, 4.69) is 10.3 Å². The lowest BCUT2D eigenvalue weighted by Crippen LogP contribution is -2.45. The zero-order valence-electron chi connectivity index (χ0n) is 9.61. The minimum atomic E-state index is -0.293. The molecular formula is C12H17FN2O. The predicted octanol–water partition coefficient (Wildman–Crippen LogP) is 2.05. The molecular weight excluding hydrogens is 207 g/mol. The van der Waals surface area contributed by atoms with Crippen LogP contribution in [-0.4, -0.2) is 24.2 Å². The van der Waals surface area contributed by atoms with Gasteiger partial charge in [-0.15, -0.1) is 0 Å². The Morgan fingerprint density at radius 1 is 1.50 bits per heavy atom. The van der Waals surface area contributed by atoms with Gasteiger partial charge in [-0.25, -0.2) is 4.39 Å². The van der Waals surface area contributed by atoms with E-state index in [0.29, 0.717) is 12.1 Å². The fourth-order valence-corrected chi connectivity index (χ4v) is 1.98. The normalized spacial score (nSPS) is 26.2. The zero-order valence-corrected chi connectivity index (χ0v) is 9.61. The van der Waals surface area contributed by atoms with Gasteiger partial charge in [0.25, 0.3) is 0 Å². The van der Waals surface area contributed by atoms with Gasteiger partial charge in [0.15, 0.2) is 0 Å². The Morgan fingerprint density at radius 3 is 2.81 bits per heavy atom. The van der Waals surface area contributed by atoms with E-state index < -0.39 is 0 Å². The largest absolute Gasteiger partial charge is 0.381 e. The summed E-state index contributed by atoms with van der Waals surface area (Å²) in [6, 6.07) is 3.81. The molecule has 1 heterocycles. The Morgan fingerprint density at radius 2 is 2.25 bits per heavy atom. The summed E-state index contributed by atoms with van der Waals surface area (Å²) < 4.78 is 17.9. The van der Waals surface area contributed by atoms with Crippen molar-refractivity contribution in [3.63, 3.8) is 0 Å². The minimum absolute atomic E-state index is 0.156. The third-order valence-electron chi connectivity index (χ3n) is 3.11. The molecule has 0 aliphatic heterocycles. The van der Waals surface area contributed by atoms with Crippen molar-refractivity contribution in [1.29, 1.82) is 0 Å². The van der Waals surface area contributed by atoms with Crippen molar-refractivity contribution in [2.24, 2.45) is 0 Å². The molecule has 88 valence electrons. The predicted molar refractivity (Wildman–Crippen MR) is 59.6 cm³/mol. The fraction of sp³-hybridized carbons (Fsp3) is 0.583. The molecule has 4 heteroatoms. The number of nitrogens with one attached hydrogen (secondary N) is 1. The van der Waals surface area contributed by atoms with Crippen LogP contribution in [0, 0.1) is 5.82 Å². The second-order valence-electron chi connectivity index (χ2n) is 4.32. The van der Waals surface area contributed by atoms with Gasteiger partial charge >= 0.3 is 0 Å². The molecule has 0 radical (unpaired) electrons. The number of halogens is 1. The van der Waals surface area contributed by atoms with E-state index in [1.165, 1.54) is 12.3 Å². The summed E-state index contributed by atoms with van der Waals surface area (Å²) in [6.07, 6.45) is 3.74. The average Bonchev–Trinajstić information content (AvgIpc) is 2.23. The van der Waals surface area contributed by atoms with Crippen LogP contribution in [0.3, 0.4) is 0 Å². The Balaban J connectivity index is 1.84. The SMILES string of the molecule is COC1CC(NC(C)c2ccc(F)cn2)C1. The molecule has 2 rings (SSSR count). The van der Waals surface area contributed by atoms with Crippen molar-refractivity contribution in [2.75, 3.05) is 7.11 Å². The van der Waals surface area contributed by atoms with E-state index in [1.807, 2.05) is 6.92 Å². The maximum atomic E-state index is 12.7. The van der Waals surface area contributed by atoms with Crippen LogP contribution < -0.4 is 5.32 Å². The van der Waals surface area contributed by atoms with Gasteiger partial charge in [-0.2, -0.15) is 0 Å². The van der Waals surface area contributed by atoms with Gasteiger partial charge in [0, 0.05) is 19.2 Å². The molecule has 1 fully saturated rings.